The Morgan fingerprint density at radius 2 is 2.29 bits per heavy atom. The minimum Gasteiger partial charge on any atom is -0.496 e. The molecule has 0 aliphatic carbocycles. The molecule has 1 atom stereocenters. The summed E-state index contributed by atoms with van der Waals surface area (Å²) >= 11 is 3.44. The maximum atomic E-state index is 8.78. The molecular formula is C12H19BrN2O2. The molecule has 17 heavy (non-hydrogen) atoms. The summed E-state index contributed by atoms with van der Waals surface area (Å²) in [5.41, 5.74) is 6.73. The molecule has 0 fully saturated rings. The Balaban J connectivity index is 2.42. The van der Waals surface area contributed by atoms with E-state index in [1.807, 2.05) is 18.2 Å². The Labute approximate surface area is 110 Å². The number of benzene rings is 1. The highest BCUT2D eigenvalue weighted by atomic mass is 79.9. The predicted molar refractivity (Wildman–Crippen MR) is 72.3 cm³/mol. The third-order valence-corrected chi connectivity index (χ3v) is 2.95. The molecule has 1 unspecified atom stereocenters. The van der Waals surface area contributed by atoms with Crippen molar-refractivity contribution >= 4 is 15.9 Å². The van der Waals surface area contributed by atoms with Gasteiger partial charge < -0.3 is 20.9 Å². The SMILES string of the molecule is COc1ccc(Br)cc1CCNCC(N)CO. The van der Waals surface area contributed by atoms with Crippen molar-refractivity contribution < 1.29 is 9.84 Å². The van der Waals surface area contributed by atoms with Crippen molar-refractivity contribution in [3.05, 3.63) is 28.2 Å². The number of hydrogen-bond donors (Lipinski definition) is 3. The van der Waals surface area contributed by atoms with Crippen LogP contribution in [0.15, 0.2) is 22.7 Å². The first kappa shape index (κ1) is 14.4. The fourth-order valence-corrected chi connectivity index (χ4v) is 1.93. The van der Waals surface area contributed by atoms with Crippen molar-refractivity contribution in [2.75, 3.05) is 26.8 Å². The Morgan fingerprint density at radius 3 is 2.94 bits per heavy atom. The monoisotopic (exact) mass is 302 g/mol. The van der Waals surface area contributed by atoms with Gasteiger partial charge in [0.05, 0.1) is 13.7 Å². The van der Waals surface area contributed by atoms with E-state index in [0.717, 1.165) is 28.8 Å². The molecule has 0 radical (unpaired) electrons. The van der Waals surface area contributed by atoms with Crippen LogP contribution in [0.2, 0.25) is 0 Å². The molecule has 0 amide bonds. The lowest BCUT2D eigenvalue weighted by molar-refractivity contribution is 0.262. The summed E-state index contributed by atoms with van der Waals surface area (Å²) in [5.74, 6) is 0.890. The lowest BCUT2D eigenvalue weighted by Gasteiger charge is -2.11. The number of rotatable bonds is 7. The molecule has 1 aromatic carbocycles. The van der Waals surface area contributed by atoms with Crippen molar-refractivity contribution in [3.63, 3.8) is 0 Å². The summed E-state index contributed by atoms with van der Waals surface area (Å²) in [4.78, 5) is 0. The van der Waals surface area contributed by atoms with Crippen LogP contribution < -0.4 is 15.8 Å². The third-order valence-electron chi connectivity index (χ3n) is 2.45. The smallest absolute Gasteiger partial charge is 0.122 e. The van der Waals surface area contributed by atoms with E-state index in [9.17, 15) is 0 Å². The number of nitrogens with two attached hydrogens (primary N) is 1. The van der Waals surface area contributed by atoms with E-state index in [1.54, 1.807) is 7.11 Å². The Kier molecular flexibility index (Phi) is 6.50. The number of ether oxygens (including phenoxy) is 1. The minimum absolute atomic E-state index is 0.00715. The second-order valence-electron chi connectivity index (χ2n) is 3.85. The fraction of sp³-hybridized carbons (Fsp3) is 0.500. The zero-order valence-electron chi connectivity index (χ0n) is 9.95. The van der Waals surface area contributed by atoms with Crippen molar-refractivity contribution in [2.45, 2.75) is 12.5 Å². The topological polar surface area (TPSA) is 67.5 Å². The summed E-state index contributed by atoms with van der Waals surface area (Å²) in [7, 11) is 1.67. The number of hydrogen-bond acceptors (Lipinski definition) is 4. The average Bonchev–Trinajstić information content (AvgIpc) is 2.34. The van der Waals surface area contributed by atoms with Crippen LogP contribution in [0.3, 0.4) is 0 Å². The molecule has 0 aliphatic rings. The van der Waals surface area contributed by atoms with E-state index < -0.39 is 0 Å². The average molecular weight is 303 g/mol. The second kappa shape index (κ2) is 7.66. The number of aliphatic hydroxyl groups is 1. The van der Waals surface area contributed by atoms with E-state index in [-0.39, 0.29) is 12.6 Å². The van der Waals surface area contributed by atoms with Gasteiger partial charge in [0.1, 0.15) is 5.75 Å². The van der Waals surface area contributed by atoms with Gasteiger partial charge in [-0.15, -0.1) is 0 Å². The van der Waals surface area contributed by atoms with Gasteiger partial charge in [0.25, 0.3) is 0 Å². The zero-order valence-corrected chi connectivity index (χ0v) is 11.5. The lowest BCUT2D eigenvalue weighted by Crippen LogP contribution is -2.37. The van der Waals surface area contributed by atoms with Gasteiger partial charge in [0, 0.05) is 17.1 Å². The van der Waals surface area contributed by atoms with Crippen molar-refractivity contribution in [2.24, 2.45) is 5.73 Å². The number of aliphatic hydroxyl groups excluding tert-OH is 1. The highest BCUT2D eigenvalue weighted by Crippen LogP contribution is 2.22. The Morgan fingerprint density at radius 1 is 1.53 bits per heavy atom. The number of methoxy groups -OCH3 is 1. The predicted octanol–water partition coefficient (Wildman–Crippen LogP) is 0.909. The quantitative estimate of drug-likeness (QED) is 0.655. The normalized spacial score (nSPS) is 12.5. The van der Waals surface area contributed by atoms with Crippen LogP contribution in [-0.2, 0) is 6.42 Å². The molecule has 4 N–H and O–H groups in total. The van der Waals surface area contributed by atoms with E-state index >= 15 is 0 Å². The molecule has 96 valence electrons. The van der Waals surface area contributed by atoms with E-state index in [4.69, 9.17) is 15.6 Å². The minimum atomic E-state index is -0.195. The molecule has 0 bridgehead atoms. The summed E-state index contributed by atoms with van der Waals surface area (Å²) in [6.45, 7) is 1.43. The van der Waals surface area contributed by atoms with Gasteiger partial charge in [-0.05, 0) is 36.7 Å². The summed E-state index contributed by atoms with van der Waals surface area (Å²) in [6.07, 6.45) is 0.862. The zero-order chi connectivity index (χ0) is 12.7. The largest absolute Gasteiger partial charge is 0.496 e. The molecule has 0 spiro atoms. The molecule has 0 saturated heterocycles. The van der Waals surface area contributed by atoms with Crippen LogP contribution in [0.4, 0.5) is 0 Å². The van der Waals surface area contributed by atoms with Crippen molar-refractivity contribution in [3.8, 4) is 5.75 Å². The van der Waals surface area contributed by atoms with Crippen LogP contribution in [0.1, 0.15) is 5.56 Å². The van der Waals surface area contributed by atoms with Crippen molar-refractivity contribution in [1.82, 2.24) is 5.32 Å². The van der Waals surface area contributed by atoms with Crippen LogP contribution in [-0.4, -0.2) is 38.0 Å². The lowest BCUT2D eigenvalue weighted by atomic mass is 10.1. The summed E-state index contributed by atoms with van der Waals surface area (Å²) < 4.78 is 6.33. The van der Waals surface area contributed by atoms with Crippen LogP contribution in [0.5, 0.6) is 5.75 Å². The molecule has 4 nitrogen and oxygen atoms in total. The van der Waals surface area contributed by atoms with Crippen LogP contribution in [0.25, 0.3) is 0 Å². The van der Waals surface area contributed by atoms with Gasteiger partial charge in [-0.25, -0.2) is 0 Å². The molecular weight excluding hydrogens is 284 g/mol. The Hall–Kier alpha value is -0.620. The first-order valence-corrected chi connectivity index (χ1v) is 6.36. The Bertz CT molecular complexity index is 347. The van der Waals surface area contributed by atoms with Gasteiger partial charge in [-0.3, -0.25) is 0 Å². The summed E-state index contributed by atoms with van der Waals surface area (Å²) in [6, 6.07) is 5.75. The van der Waals surface area contributed by atoms with Crippen molar-refractivity contribution in [1.29, 1.82) is 0 Å². The summed E-state index contributed by atoms with van der Waals surface area (Å²) in [5, 5.41) is 12.0. The van der Waals surface area contributed by atoms with E-state index in [0.29, 0.717) is 6.54 Å². The standard InChI is InChI=1S/C12H19BrN2O2/c1-17-12-3-2-10(13)6-9(12)4-5-15-7-11(14)8-16/h2-3,6,11,15-16H,4-5,7-8,14H2,1H3. The van der Waals surface area contributed by atoms with Gasteiger partial charge in [-0.1, -0.05) is 15.9 Å². The first-order chi connectivity index (χ1) is 8.17. The maximum Gasteiger partial charge on any atom is 0.122 e. The van der Waals surface area contributed by atoms with E-state index in [1.165, 1.54) is 0 Å². The molecule has 0 heterocycles. The maximum absolute atomic E-state index is 8.78. The molecule has 0 aromatic heterocycles. The van der Waals surface area contributed by atoms with Gasteiger partial charge in [0.15, 0.2) is 0 Å². The highest BCUT2D eigenvalue weighted by Gasteiger charge is 2.04. The van der Waals surface area contributed by atoms with Crippen LogP contribution >= 0.6 is 15.9 Å². The van der Waals surface area contributed by atoms with Gasteiger partial charge in [0.2, 0.25) is 0 Å². The second-order valence-corrected chi connectivity index (χ2v) is 4.77. The third kappa shape index (κ3) is 5.04. The molecule has 0 aliphatic heterocycles. The fourth-order valence-electron chi connectivity index (χ4n) is 1.52. The number of halogens is 1. The van der Waals surface area contributed by atoms with Gasteiger partial charge in [-0.2, -0.15) is 0 Å². The highest BCUT2D eigenvalue weighted by molar-refractivity contribution is 9.10. The first-order valence-electron chi connectivity index (χ1n) is 5.57. The molecule has 5 heteroatoms. The molecule has 1 aromatic rings. The van der Waals surface area contributed by atoms with Gasteiger partial charge >= 0.3 is 0 Å². The number of nitrogens with one attached hydrogen (secondary N) is 1. The molecule has 1 rings (SSSR count). The van der Waals surface area contributed by atoms with Crippen LogP contribution in [0, 0.1) is 0 Å². The van der Waals surface area contributed by atoms with E-state index in [2.05, 4.69) is 21.2 Å². The molecule has 0 saturated carbocycles.